The van der Waals surface area contributed by atoms with E-state index in [-0.39, 0.29) is 22.1 Å². The van der Waals surface area contributed by atoms with Gasteiger partial charge in [-0.25, -0.2) is 0 Å². The Morgan fingerprint density at radius 3 is 2.62 bits per heavy atom. The van der Waals surface area contributed by atoms with Crippen LogP contribution in [0.25, 0.3) is 0 Å². The highest BCUT2D eigenvalue weighted by Gasteiger charge is 2.22. The van der Waals surface area contributed by atoms with Gasteiger partial charge in [0.15, 0.2) is 6.10 Å². The highest BCUT2D eigenvalue weighted by atomic mass is 35.5. The van der Waals surface area contributed by atoms with Gasteiger partial charge in [0.25, 0.3) is 11.6 Å². The number of rotatable bonds is 7. The molecule has 138 valence electrons. The Labute approximate surface area is 160 Å². The molecule has 2 aromatic carbocycles. The topological polar surface area (TPSA) is 90.7 Å². The van der Waals surface area contributed by atoms with E-state index in [2.05, 4.69) is 5.32 Å². The van der Waals surface area contributed by atoms with Gasteiger partial charge in [0.1, 0.15) is 17.2 Å². The highest BCUT2D eigenvalue weighted by Crippen LogP contribution is 2.30. The van der Waals surface area contributed by atoms with Crippen molar-refractivity contribution in [1.29, 1.82) is 0 Å². The van der Waals surface area contributed by atoms with Crippen LogP contribution in [0.15, 0.2) is 36.4 Å². The molecule has 26 heavy (non-hydrogen) atoms. The minimum absolute atomic E-state index is 0.0427. The maximum atomic E-state index is 12.3. The van der Waals surface area contributed by atoms with E-state index in [4.69, 9.17) is 32.7 Å². The normalized spacial score (nSPS) is 11.5. The van der Waals surface area contributed by atoms with E-state index < -0.39 is 16.9 Å². The van der Waals surface area contributed by atoms with Crippen molar-refractivity contribution in [2.75, 3.05) is 11.9 Å². The number of nitro groups is 1. The summed E-state index contributed by atoms with van der Waals surface area (Å²) in [5.41, 5.74) is -0.234. The lowest BCUT2D eigenvalue weighted by Crippen LogP contribution is -2.30. The van der Waals surface area contributed by atoms with E-state index in [0.29, 0.717) is 17.4 Å². The lowest BCUT2D eigenvalue weighted by atomic mass is 10.2. The Kier molecular flexibility index (Phi) is 6.65. The van der Waals surface area contributed by atoms with Gasteiger partial charge >= 0.3 is 0 Å². The van der Waals surface area contributed by atoms with Crippen molar-refractivity contribution in [3.63, 3.8) is 0 Å². The Morgan fingerprint density at radius 1 is 1.27 bits per heavy atom. The summed E-state index contributed by atoms with van der Waals surface area (Å²) in [5, 5.41) is 14.4. The molecular weight excluding hydrogens is 383 g/mol. The lowest BCUT2D eigenvalue weighted by molar-refractivity contribution is -0.384. The average molecular weight is 399 g/mol. The van der Waals surface area contributed by atoms with E-state index in [9.17, 15) is 14.9 Å². The second-order valence-electron chi connectivity index (χ2n) is 5.19. The van der Waals surface area contributed by atoms with Crippen LogP contribution in [0.1, 0.15) is 13.8 Å². The third kappa shape index (κ3) is 5.00. The predicted molar refractivity (Wildman–Crippen MR) is 99.4 cm³/mol. The number of nitrogens with zero attached hydrogens (tertiary/aromatic N) is 1. The molecule has 0 aromatic heterocycles. The van der Waals surface area contributed by atoms with Gasteiger partial charge in [0.05, 0.1) is 22.6 Å². The minimum atomic E-state index is -0.945. The Morgan fingerprint density at radius 2 is 2.00 bits per heavy atom. The number of ether oxygens (including phenoxy) is 2. The van der Waals surface area contributed by atoms with Crippen LogP contribution < -0.4 is 14.8 Å². The monoisotopic (exact) mass is 398 g/mol. The van der Waals surface area contributed by atoms with Crippen molar-refractivity contribution < 1.29 is 19.2 Å². The van der Waals surface area contributed by atoms with Crippen LogP contribution in [0.5, 0.6) is 11.5 Å². The number of carbonyl (C=O) groups is 1. The van der Waals surface area contributed by atoms with Gasteiger partial charge in [-0.1, -0.05) is 23.2 Å². The quantitative estimate of drug-likeness (QED) is 0.538. The van der Waals surface area contributed by atoms with E-state index in [1.165, 1.54) is 37.3 Å². The molecule has 0 aliphatic heterocycles. The van der Waals surface area contributed by atoms with Crippen molar-refractivity contribution in [1.82, 2.24) is 0 Å². The first-order valence-electron chi connectivity index (χ1n) is 7.65. The molecule has 1 atom stereocenters. The van der Waals surface area contributed by atoms with Crippen molar-refractivity contribution in [3.05, 3.63) is 56.6 Å². The molecule has 0 saturated heterocycles. The lowest BCUT2D eigenvalue weighted by Gasteiger charge is -2.16. The number of benzene rings is 2. The summed E-state index contributed by atoms with van der Waals surface area (Å²) in [7, 11) is 0. The van der Waals surface area contributed by atoms with E-state index in [0.717, 1.165) is 0 Å². The molecule has 0 radical (unpaired) electrons. The van der Waals surface area contributed by atoms with Crippen molar-refractivity contribution in [2.24, 2.45) is 0 Å². The molecule has 7 nitrogen and oxygen atoms in total. The molecular formula is C17H16Cl2N2O5. The molecule has 0 heterocycles. The van der Waals surface area contributed by atoms with Crippen LogP contribution in [-0.2, 0) is 4.79 Å². The Bertz CT molecular complexity index is 829. The summed E-state index contributed by atoms with van der Waals surface area (Å²) in [6.45, 7) is 3.64. The summed E-state index contributed by atoms with van der Waals surface area (Å²) >= 11 is 11.8. The standard InChI is InChI=1S/C17H16Cl2N2O5/c1-3-25-12-5-6-14(15(9-12)21(23)24)20-17(22)10(2)26-16-7-4-11(18)8-13(16)19/h4-10H,3H2,1-2H3,(H,20,22). The molecule has 0 spiro atoms. The number of hydrogen-bond acceptors (Lipinski definition) is 5. The third-order valence-electron chi connectivity index (χ3n) is 3.30. The molecule has 0 aliphatic carbocycles. The highest BCUT2D eigenvalue weighted by molar-refractivity contribution is 6.35. The molecule has 0 fully saturated rings. The van der Waals surface area contributed by atoms with E-state index in [1.54, 1.807) is 13.0 Å². The minimum Gasteiger partial charge on any atom is -0.494 e. The summed E-state index contributed by atoms with van der Waals surface area (Å²) in [5.74, 6) is 0.0534. The van der Waals surface area contributed by atoms with Crippen molar-refractivity contribution in [2.45, 2.75) is 20.0 Å². The zero-order valence-electron chi connectivity index (χ0n) is 14.0. The average Bonchev–Trinajstić information content (AvgIpc) is 2.58. The summed E-state index contributed by atoms with van der Waals surface area (Å²) in [4.78, 5) is 23.0. The zero-order valence-corrected chi connectivity index (χ0v) is 15.5. The van der Waals surface area contributed by atoms with Gasteiger partial charge in [0.2, 0.25) is 0 Å². The number of amides is 1. The van der Waals surface area contributed by atoms with Crippen LogP contribution in [0.3, 0.4) is 0 Å². The SMILES string of the molecule is CCOc1ccc(NC(=O)C(C)Oc2ccc(Cl)cc2Cl)c([N+](=O)[O-])c1. The smallest absolute Gasteiger partial charge is 0.296 e. The van der Waals surface area contributed by atoms with Crippen LogP contribution >= 0.6 is 23.2 Å². The summed E-state index contributed by atoms with van der Waals surface area (Å²) in [6, 6.07) is 8.79. The summed E-state index contributed by atoms with van der Waals surface area (Å²) in [6.07, 6.45) is -0.945. The predicted octanol–water partition coefficient (Wildman–Crippen LogP) is 4.71. The van der Waals surface area contributed by atoms with Crippen LogP contribution in [0.4, 0.5) is 11.4 Å². The van der Waals surface area contributed by atoms with Gasteiger partial charge in [-0.3, -0.25) is 14.9 Å². The maximum absolute atomic E-state index is 12.3. The maximum Gasteiger partial charge on any atom is 0.296 e. The Balaban J connectivity index is 2.14. The molecule has 0 saturated carbocycles. The summed E-state index contributed by atoms with van der Waals surface area (Å²) < 4.78 is 10.7. The fourth-order valence-corrected chi connectivity index (χ4v) is 2.53. The molecule has 0 bridgehead atoms. The van der Waals surface area contributed by atoms with Crippen LogP contribution in [0.2, 0.25) is 10.0 Å². The molecule has 1 unspecified atom stereocenters. The van der Waals surface area contributed by atoms with Crippen molar-refractivity contribution in [3.8, 4) is 11.5 Å². The fraction of sp³-hybridized carbons (Fsp3) is 0.235. The van der Waals surface area contributed by atoms with Crippen LogP contribution in [0, 0.1) is 10.1 Å². The number of anilines is 1. The second-order valence-corrected chi connectivity index (χ2v) is 6.04. The molecule has 2 rings (SSSR count). The Hall–Kier alpha value is -2.51. The second kappa shape index (κ2) is 8.73. The molecule has 1 amide bonds. The van der Waals surface area contributed by atoms with Crippen LogP contribution in [-0.4, -0.2) is 23.5 Å². The number of carbonyl (C=O) groups excluding carboxylic acids is 1. The van der Waals surface area contributed by atoms with Gasteiger partial charge in [-0.2, -0.15) is 0 Å². The number of nitrogens with one attached hydrogen (secondary N) is 1. The van der Waals surface area contributed by atoms with Crippen molar-refractivity contribution >= 4 is 40.5 Å². The first-order valence-corrected chi connectivity index (χ1v) is 8.41. The first kappa shape index (κ1) is 19.8. The number of hydrogen-bond donors (Lipinski definition) is 1. The van der Waals surface area contributed by atoms with Gasteiger partial charge in [-0.05, 0) is 44.2 Å². The fourth-order valence-electron chi connectivity index (χ4n) is 2.07. The zero-order chi connectivity index (χ0) is 19.3. The van der Waals surface area contributed by atoms with Gasteiger partial charge < -0.3 is 14.8 Å². The first-order chi connectivity index (χ1) is 12.3. The van der Waals surface area contributed by atoms with E-state index in [1.807, 2.05) is 0 Å². The molecule has 2 aromatic rings. The van der Waals surface area contributed by atoms with Gasteiger partial charge in [0, 0.05) is 5.02 Å². The van der Waals surface area contributed by atoms with Gasteiger partial charge in [-0.15, -0.1) is 0 Å². The number of halogens is 2. The molecule has 0 aliphatic rings. The number of nitro benzene ring substituents is 1. The molecule has 9 heteroatoms. The van der Waals surface area contributed by atoms with E-state index >= 15 is 0 Å². The third-order valence-corrected chi connectivity index (χ3v) is 3.83. The molecule has 1 N–H and O–H groups in total. The largest absolute Gasteiger partial charge is 0.494 e.